The predicted octanol–water partition coefficient (Wildman–Crippen LogP) is 2.57. The Balaban J connectivity index is 0.000000343. The van der Waals surface area contributed by atoms with E-state index in [-0.39, 0.29) is 12.3 Å². The van der Waals surface area contributed by atoms with Crippen LogP contribution in [0.4, 0.5) is 0 Å². The molecule has 1 amide bonds. The molecule has 29 heavy (non-hydrogen) atoms. The highest BCUT2D eigenvalue weighted by atomic mass is 16.5. The minimum Gasteiger partial charge on any atom is -0.481 e. The fourth-order valence-electron chi connectivity index (χ4n) is 4.61. The van der Waals surface area contributed by atoms with Gasteiger partial charge >= 0.3 is 5.97 Å². The van der Waals surface area contributed by atoms with Crippen LogP contribution in [0.5, 0.6) is 0 Å². The van der Waals surface area contributed by atoms with Crippen LogP contribution in [0, 0.1) is 17.8 Å². The van der Waals surface area contributed by atoms with E-state index in [0.717, 1.165) is 45.0 Å². The number of hydrogen-bond acceptors (Lipinski definition) is 4. The Morgan fingerprint density at radius 2 is 1.69 bits per heavy atom. The Morgan fingerprint density at radius 1 is 1.07 bits per heavy atom. The Morgan fingerprint density at radius 3 is 2.17 bits per heavy atom. The molecule has 3 aliphatic rings. The molecule has 6 nitrogen and oxygen atoms in total. The summed E-state index contributed by atoms with van der Waals surface area (Å²) in [6.45, 7) is 5.50. The van der Waals surface area contributed by atoms with Gasteiger partial charge in [0, 0.05) is 32.6 Å². The number of nitrogens with one attached hydrogen (secondary N) is 1. The molecule has 2 N–H and O–H groups in total. The SMILES string of the molecule is C1COCCN1.O=C(O)[C@H](CC(=O)N1C[C@H]2CCCC[C@H]2C1)Cc1ccccc1. The van der Waals surface area contributed by atoms with E-state index >= 15 is 0 Å². The van der Waals surface area contributed by atoms with E-state index < -0.39 is 11.9 Å². The highest BCUT2D eigenvalue weighted by Gasteiger charge is 2.37. The van der Waals surface area contributed by atoms with Crippen LogP contribution in [0.2, 0.25) is 0 Å². The number of nitrogens with zero attached hydrogens (tertiary/aromatic N) is 1. The first kappa shape index (κ1) is 21.8. The Hall–Kier alpha value is -1.92. The molecule has 6 heteroatoms. The summed E-state index contributed by atoms with van der Waals surface area (Å²) >= 11 is 0. The van der Waals surface area contributed by atoms with Crippen molar-refractivity contribution in [1.82, 2.24) is 10.2 Å². The summed E-state index contributed by atoms with van der Waals surface area (Å²) in [5.41, 5.74) is 0.975. The maximum absolute atomic E-state index is 12.6. The van der Waals surface area contributed by atoms with E-state index in [1.54, 1.807) is 0 Å². The summed E-state index contributed by atoms with van der Waals surface area (Å²) in [6, 6.07) is 9.56. The molecule has 2 saturated heterocycles. The van der Waals surface area contributed by atoms with Gasteiger partial charge in [-0.3, -0.25) is 9.59 Å². The Labute approximate surface area is 173 Å². The first-order valence-electron chi connectivity index (χ1n) is 11.0. The second kappa shape index (κ2) is 11.3. The van der Waals surface area contributed by atoms with E-state index in [0.29, 0.717) is 18.3 Å². The molecule has 3 atom stereocenters. The average molecular weight is 403 g/mol. The molecule has 2 heterocycles. The molecule has 2 aliphatic heterocycles. The number of ether oxygens (including phenoxy) is 1. The molecule has 0 unspecified atom stereocenters. The van der Waals surface area contributed by atoms with E-state index in [2.05, 4.69) is 5.32 Å². The van der Waals surface area contributed by atoms with E-state index in [4.69, 9.17) is 4.74 Å². The van der Waals surface area contributed by atoms with Gasteiger partial charge in [-0.1, -0.05) is 43.2 Å². The van der Waals surface area contributed by atoms with E-state index in [1.165, 1.54) is 25.7 Å². The third-order valence-corrected chi connectivity index (χ3v) is 6.27. The highest BCUT2D eigenvalue weighted by molar-refractivity contribution is 5.82. The van der Waals surface area contributed by atoms with Crippen LogP contribution in [0.1, 0.15) is 37.7 Å². The normalized spacial score (nSPS) is 24.8. The topological polar surface area (TPSA) is 78.9 Å². The van der Waals surface area contributed by atoms with Gasteiger partial charge in [-0.2, -0.15) is 0 Å². The summed E-state index contributed by atoms with van der Waals surface area (Å²) in [5.74, 6) is -0.204. The molecule has 0 aromatic heterocycles. The third-order valence-electron chi connectivity index (χ3n) is 6.27. The summed E-state index contributed by atoms with van der Waals surface area (Å²) in [4.78, 5) is 26.0. The van der Waals surface area contributed by atoms with Crippen LogP contribution < -0.4 is 5.32 Å². The first-order chi connectivity index (χ1) is 14.1. The number of morpholine rings is 1. The van der Waals surface area contributed by atoms with Gasteiger partial charge < -0.3 is 20.1 Å². The lowest BCUT2D eigenvalue weighted by molar-refractivity contribution is -0.145. The number of aliphatic carboxylic acids is 1. The summed E-state index contributed by atoms with van der Waals surface area (Å²) in [6.07, 6.45) is 5.53. The smallest absolute Gasteiger partial charge is 0.307 e. The minimum atomic E-state index is -0.876. The number of benzene rings is 1. The van der Waals surface area contributed by atoms with E-state index in [9.17, 15) is 14.7 Å². The number of fused-ring (bicyclic) bond motifs is 1. The molecule has 0 bridgehead atoms. The van der Waals surface area contributed by atoms with Gasteiger partial charge in [0.05, 0.1) is 19.1 Å². The standard InChI is InChI=1S/C19H25NO3.C4H9NO/c21-18(20-12-15-8-4-5-9-16(15)13-20)11-17(19(22)23)10-14-6-2-1-3-7-14;1-3-6-4-2-5-1/h1-3,6-7,15-17H,4-5,8-13H2,(H,22,23);5H,1-4H2/t15-,16+,17-;/m0./s1. The lowest BCUT2D eigenvalue weighted by atomic mass is 9.82. The number of rotatable bonds is 5. The summed E-state index contributed by atoms with van der Waals surface area (Å²) in [7, 11) is 0. The van der Waals surface area contributed by atoms with Crippen LogP contribution >= 0.6 is 0 Å². The zero-order valence-corrected chi connectivity index (χ0v) is 17.2. The molecular weight excluding hydrogens is 368 g/mol. The average Bonchev–Trinajstić information content (AvgIpc) is 3.20. The molecule has 3 fully saturated rings. The van der Waals surface area contributed by atoms with Crippen LogP contribution in [0.25, 0.3) is 0 Å². The lowest BCUT2D eigenvalue weighted by Crippen LogP contribution is -2.33. The van der Waals surface area contributed by atoms with Crippen LogP contribution in [0.15, 0.2) is 30.3 Å². The summed E-state index contributed by atoms with van der Waals surface area (Å²) in [5, 5.41) is 12.6. The van der Waals surface area contributed by atoms with Crippen molar-refractivity contribution in [1.29, 1.82) is 0 Å². The number of carbonyl (C=O) groups is 2. The second-order valence-corrected chi connectivity index (χ2v) is 8.39. The number of carboxylic acid groups (broad SMARTS) is 1. The molecule has 4 rings (SSSR count). The molecule has 1 aliphatic carbocycles. The largest absolute Gasteiger partial charge is 0.481 e. The molecule has 0 spiro atoms. The third kappa shape index (κ3) is 6.82. The highest BCUT2D eigenvalue weighted by Crippen LogP contribution is 2.36. The first-order valence-corrected chi connectivity index (χ1v) is 11.0. The van der Waals surface area contributed by atoms with Gasteiger partial charge in [0.25, 0.3) is 0 Å². The van der Waals surface area contributed by atoms with Crippen molar-refractivity contribution in [2.24, 2.45) is 17.8 Å². The van der Waals surface area contributed by atoms with Gasteiger partial charge in [0.15, 0.2) is 0 Å². The maximum atomic E-state index is 12.6. The molecule has 1 aromatic rings. The number of likely N-dealkylation sites (tertiary alicyclic amines) is 1. The van der Waals surface area contributed by atoms with Gasteiger partial charge in [-0.25, -0.2) is 0 Å². The number of carboxylic acids is 1. The molecule has 1 aromatic carbocycles. The van der Waals surface area contributed by atoms with Crippen molar-refractivity contribution in [3.8, 4) is 0 Å². The fraction of sp³-hybridized carbons (Fsp3) is 0.652. The van der Waals surface area contributed by atoms with Gasteiger partial charge in [0.2, 0.25) is 5.91 Å². The van der Waals surface area contributed by atoms with Crippen molar-refractivity contribution < 1.29 is 19.4 Å². The van der Waals surface area contributed by atoms with Gasteiger partial charge in [-0.05, 0) is 36.7 Å². The predicted molar refractivity (Wildman–Crippen MR) is 112 cm³/mol. The van der Waals surface area contributed by atoms with Crippen molar-refractivity contribution in [3.05, 3.63) is 35.9 Å². The van der Waals surface area contributed by atoms with Crippen molar-refractivity contribution in [2.45, 2.75) is 38.5 Å². The van der Waals surface area contributed by atoms with E-state index in [1.807, 2.05) is 35.2 Å². The van der Waals surface area contributed by atoms with Crippen LogP contribution in [-0.4, -0.2) is 61.3 Å². The molecule has 1 saturated carbocycles. The number of carbonyl (C=O) groups excluding carboxylic acids is 1. The minimum absolute atomic E-state index is 0.0164. The Kier molecular flexibility index (Phi) is 8.50. The van der Waals surface area contributed by atoms with Crippen molar-refractivity contribution in [2.75, 3.05) is 39.4 Å². The van der Waals surface area contributed by atoms with Crippen molar-refractivity contribution >= 4 is 11.9 Å². The fourth-order valence-corrected chi connectivity index (χ4v) is 4.61. The quantitative estimate of drug-likeness (QED) is 0.791. The van der Waals surface area contributed by atoms with Gasteiger partial charge in [0.1, 0.15) is 0 Å². The van der Waals surface area contributed by atoms with Gasteiger partial charge in [-0.15, -0.1) is 0 Å². The number of amides is 1. The molecule has 0 radical (unpaired) electrons. The lowest BCUT2D eigenvalue weighted by Gasteiger charge is -2.22. The summed E-state index contributed by atoms with van der Waals surface area (Å²) < 4.78 is 5.01. The zero-order chi connectivity index (χ0) is 20.5. The van der Waals surface area contributed by atoms with Crippen LogP contribution in [-0.2, 0) is 20.7 Å². The Bertz CT molecular complexity index is 622. The number of hydrogen-bond donors (Lipinski definition) is 2. The molecular formula is C23H34N2O4. The van der Waals surface area contributed by atoms with Crippen molar-refractivity contribution in [3.63, 3.8) is 0 Å². The molecule has 160 valence electrons. The zero-order valence-electron chi connectivity index (χ0n) is 17.2. The maximum Gasteiger partial charge on any atom is 0.307 e. The monoisotopic (exact) mass is 402 g/mol. The van der Waals surface area contributed by atoms with Crippen LogP contribution in [0.3, 0.4) is 0 Å². The second-order valence-electron chi connectivity index (χ2n) is 8.39.